The molecule has 1 heterocycles. The first-order valence-electron chi connectivity index (χ1n) is 11.9. The lowest BCUT2D eigenvalue weighted by molar-refractivity contribution is -0.138. The number of aliphatic carboxylic acids is 1. The normalized spacial score (nSPS) is 14.4. The highest BCUT2D eigenvalue weighted by Gasteiger charge is 2.34. The minimum Gasteiger partial charge on any atom is -0.481 e. The van der Waals surface area contributed by atoms with Crippen molar-refractivity contribution in [3.63, 3.8) is 0 Å². The third kappa shape index (κ3) is 6.80. The summed E-state index contributed by atoms with van der Waals surface area (Å²) in [6.07, 6.45) is -0.216. The monoisotopic (exact) mass is 501 g/mol. The molecule has 1 fully saturated rings. The molecule has 3 aromatic rings. The number of carboxylic acid groups (broad SMARTS) is 1. The zero-order chi connectivity index (χ0) is 25.7. The molecule has 1 N–H and O–H groups in total. The molecular formula is C27H27F4N3O2. The number of rotatable bonds is 11. The molecule has 2 aromatic carbocycles. The Kier molecular flexibility index (Phi) is 7.86. The van der Waals surface area contributed by atoms with Crippen LogP contribution in [0.5, 0.6) is 0 Å². The Morgan fingerprint density at radius 3 is 2.33 bits per heavy atom. The van der Waals surface area contributed by atoms with Crippen LogP contribution >= 0.6 is 0 Å². The number of nitrogens with zero attached hydrogens (tertiary/aromatic N) is 3. The van der Waals surface area contributed by atoms with Gasteiger partial charge in [-0.05, 0) is 61.3 Å². The van der Waals surface area contributed by atoms with E-state index < -0.39 is 23.5 Å². The van der Waals surface area contributed by atoms with Crippen LogP contribution in [-0.2, 0) is 30.4 Å². The van der Waals surface area contributed by atoms with Crippen molar-refractivity contribution in [1.82, 2.24) is 9.97 Å². The van der Waals surface area contributed by atoms with E-state index in [1.165, 1.54) is 18.5 Å². The highest BCUT2D eigenvalue weighted by molar-refractivity contribution is 5.67. The molecule has 0 amide bonds. The molecule has 0 spiro atoms. The lowest BCUT2D eigenvalue weighted by atomic mass is 9.92. The van der Waals surface area contributed by atoms with E-state index >= 15 is 4.39 Å². The Labute approximate surface area is 206 Å². The Balaban J connectivity index is 1.51. The zero-order valence-corrected chi connectivity index (χ0v) is 19.6. The number of halogens is 4. The second kappa shape index (κ2) is 11.1. The van der Waals surface area contributed by atoms with Crippen molar-refractivity contribution in [3.8, 4) is 0 Å². The summed E-state index contributed by atoms with van der Waals surface area (Å²) < 4.78 is 54.3. The molecule has 0 unspecified atom stereocenters. The third-order valence-corrected chi connectivity index (χ3v) is 6.37. The van der Waals surface area contributed by atoms with Gasteiger partial charge in [-0.1, -0.05) is 42.5 Å². The van der Waals surface area contributed by atoms with Crippen LogP contribution in [0.3, 0.4) is 0 Å². The molecule has 36 heavy (non-hydrogen) atoms. The fourth-order valence-corrected chi connectivity index (χ4v) is 4.31. The summed E-state index contributed by atoms with van der Waals surface area (Å²) in [7, 11) is 0. The van der Waals surface area contributed by atoms with E-state index in [-0.39, 0.29) is 42.9 Å². The van der Waals surface area contributed by atoms with Crippen LogP contribution in [-0.4, -0.2) is 27.1 Å². The Morgan fingerprint density at radius 1 is 1.03 bits per heavy atom. The standard InChI is InChI=1S/C27H27F4N3O2/c28-25-23(14-20(15-24(35)36)7-6-18-4-2-1-3-5-18)32-17-33-26(25)34(22-12-13-22)16-19-8-10-21(11-9-19)27(29,30)31/h1-5,8-11,17,20,22H,6-7,12-16H2,(H,35,36)/t20-/m0/s1. The molecule has 4 rings (SSSR count). The molecule has 0 bridgehead atoms. The van der Waals surface area contributed by atoms with Crippen molar-refractivity contribution in [2.75, 3.05) is 4.90 Å². The first-order chi connectivity index (χ1) is 17.2. The summed E-state index contributed by atoms with van der Waals surface area (Å²) in [6, 6.07) is 14.5. The summed E-state index contributed by atoms with van der Waals surface area (Å²) in [4.78, 5) is 21.5. The van der Waals surface area contributed by atoms with Gasteiger partial charge in [0, 0.05) is 19.0 Å². The summed E-state index contributed by atoms with van der Waals surface area (Å²) >= 11 is 0. The van der Waals surface area contributed by atoms with Gasteiger partial charge in [0.2, 0.25) is 0 Å². The molecule has 9 heteroatoms. The molecule has 190 valence electrons. The quantitative estimate of drug-likeness (QED) is 0.323. The second-order valence-electron chi connectivity index (χ2n) is 9.20. The maximum Gasteiger partial charge on any atom is 0.416 e. The first kappa shape index (κ1) is 25.6. The van der Waals surface area contributed by atoms with E-state index in [1.807, 2.05) is 30.3 Å². The van der Waals surface area contributed by atoms with Crippen LogP contribution < -0.4 is 4.90 Å². The van der Waals surface area contributed by atoms with Crippen molar-refractivity contribution in [1.29, 1.82) is 0 Å². The van der Waals surface area contributed by atoms with E-state index in [0.717, 1.165) is 30.5 Å². The first-order valence-corrected chi connectivity index (χ1v) is 11.9. The van der Waals surface area contributed by atoms with Gasteiger partial charge in [-0.25, -0.2) is 14.4 Å². The van der Waals surface area contributed by atoms with Gasteiger partial charge < -0.3 is 10.0 Å². The number of aromatic nitrogens is 2. The average molecular weight is 502 g/mol. The van der Waals surface area contributed by atoms with E-state index in [4.69, 9.17) is 0 Å². The largest absolute Gasteiger partial charge is 0.481 e. The Hall–Kier alpha value is -3.49. The van der Waals surface area contributed by atoms with Crippen LogP contribution in [0.15, 0.2) is 60.9 Å². The maximum absolute atomic E-state index is 15.6. The number of hydrogen-bond acceptors (Lipinski definition) is 4. The van der Waals surface area contributed by atoms with Crippen LogP contribution in [0.4, 0.5) is 23.4 Å². The second-order valence-corrected chi connectivity index (χ2v) is 9.20. The predicted octanol–water partition coefficient (Wildman–Crippen LogP) is 6.07. The molecule has 1 aromatic heterocycles. The van der Waals surface area contributed by atoms with E-state index in [9.17, 15) is 23.1 Å². The molecule has 1 saturated carbocycles. The van der Waals surface area contributed by atoms with Gasteiger partial charge in [-0.15, -0.1) is 0 Å². The predicted molar refractivity (Wildman–Crippen MR) is 127 cm³/mol. The molecular weight excluding hydrogens is 474 g/mol. The fraction of sp³-hybridized carbons (Fsp3) is 0.370. The average Bonchev–Trinajstić information content (AvgIpc) is 3.68. The molecule has 5 nitrogen and oxygen atoms in total. The molecule has 1 atom stereocenters. The summed E-state index contributed by atoms with van der Waals surface area (Å²) in [6.45, 7) is 0.211. The van der Waals surface area contributed by atoms with Crippen LogP contribution in [0, 0.1) is 11.7 Å². The number of alkyl halides is 3. The van der Waals surface area contributed by atoms with Gasteiger partial charge in [0.05, 0.1) is 11.3 Å². The summed E-state index contributed by atoms with van der Waals surface area (Å²) in [5, 5.41) is 9.38. The molecule has 0 radical (unpaired) electrons. The zero-order valence-electron chi connectivity index (χ0n) is 19.6. The smallest absolute Gasteiger partial charge is 0.416 e. The van der Waals surface area contributed by atoms with Crippen molar-refractivity contribution in [3.05, 3.63) is 89.1 Å². The number of anilines is 1. The van der Waals surface area contributed by atoms with Crippen molar-refractivity contribution < 1.29 is 27.5 Å². The minimum atomic E-state index is -4.42. The Morgan fingerprint density at radius 2 is 1.72 bits per heavy atom. The Bertz CT molecular complexity index is 1170. The molecule has 1 aliphatic carbocycles. The fourth-order valence-electron chi connectivity index (χ4n) is 4.31. The molecule has 0 saturated heterocycles. The number of hydrogen-bond donors (Lipinski definition) is 1. The minimum absolute atomic E-state index is 0.0393. The van der Waals surface area contributed by atoms with Gasteiger partial charge in [0.1, 0.15) is 6.33 Å². The van der Waals surface area contributed by atoms with Crippen molar-refractivity contribution >= 4 is 11.8 Å². The van der Waals surface area contributed by atoms with Gasteiger partial charge in [0.15, 0.2) is 11.6 Å². The van der Waals surface area contributed by atoms with E-state index in [1.54, 1.807) is 4.90 Å². The highest BCUT2D eigenvalue weighted by Crippen LogP contribution is 2.35. The van der Waals surface area contributed by atoms with Crippen LogP contribution in [0.2, 0.25) is 0 Å². The topological polar surface area (TPSA) is 66.3 Å². The van der Waals surface area contributed by atoms with Crippen molar-refractivity contribution in [2.24, 2.45) is 5.92 Å². The number of aryl methyl sites for hydroxylation is 1. The molecule has 0 aliphatic heterocycles. The van der Waals surface area contributed by atoms with E-state index in [2.05, 4.69) is 9.97 Å². The SMILES string of the molecule is O=C(O)C[C@@H](CCc1ccccc1)Cc1ncnc(N(Cc2ccc(C(F)(F)F)cc2)C2CC2)c1F. The highest BCUT2D eigenvalue weighted by atomic mass is 19.4. The lowest BCUT2D eigenvalue weighted by Gasteiger charge is -2.25. The number of carbonyl (C=O) groups is 1. The lowest BCUT2D eigenvalue weighted by Crippen LogP contribution is -2.28. The maximum atomic E-state index is 15.6. The number of benzene rings is 2. The summed E-state index contributed by atoms with van der Waals surface area (Å²) in [5.74, 6) is -1.78. The van der Waals surface area contributed by atoms with Crippen LogP contribution in [0.25, 0.3) is 0 Å². The molecule has 1 aliphatic rings. The van der Waals surface area contributed by atoms with Crippen molar-refractivity contribution in [2.45, 2.75) is 57.3 Å². The van der Waals surface area contributed by atoms with Gasteiger partial charge in [-0.2, -0.15) is 13.2 Å². The van der Waals surface area contributed by atoms with Gasteiger partial charge >= 0.3 is 12.1 Å². The number of carboxylic acids is 1. The summed E-state index contributed by atoms with van der Waals surface area (Å²) in [5.41, 5.74) is 1.10. The van der Waals surface area contributed by atoms with Gasteiger partial charge in [-0.3, -0.25) is 4.79 Å². The third-order valence-electron chi connectivity index (χ3n) is 6.37. The van der Waals surface area contributed by atoms with Gasteiger partial charge in [0.25, 0.3) is 0 Å². The van der Waals surface area contributed by atoms with Crippen LogP contribution in [0.1, 0.15) is 48.1 Å². The van der Waals surface area contributed by atoms with E-state index in [0.29, 0.717) is 18.4 Å².